The minimum absolute atomic E-state index is 0.158. The van der Waals surface area contributed by atoms with E-state index in [0.29, 0.717) is 30.3 Å². The number of fused-ring (bicyclic) bond motifs is 1. The predicted molar refractivity (Wildman–Crippen MR) is 71.1 cm³/mol. The first-order valence-corrected chi connectivity index (χ1v) is 6.16. The maximum absolute atomic E-state index is 12.0. The lowest BCUT2D eigenvalue weighted by atomic mass is 10.1. The van der Waals surface area contributed by atoms with Gasteiger partial charge in [-0.25, -0.2) is 4.79 Å². The molecule has 1 aliphatic heterocycles. The highest BCUT2D eigenvalue weighted by molar-refractivity contribution is 5.97. The fourth-order valence-electron chi connectivity index (χ4n) is 1.81. The van der Waals surface area contributed by atoms with E-state index in [1.807, 2.05) is 0 Å². The molecule has 6 nitrogen and oxygen atoms in total. The lowest BCUT2D eigenvalue weighted by Gasteiger charge is -2.19. The summed E-state index contributed by atoms with van der Waals surface area (Å²) in [6, 6.07) is 3.74. The minimum Gasteiger partial charge on any atom is -0.486 e. The molecule has 0 saturated carbocycles. The summed E-state index contributed by atoms with van der Waals surface area (Å²) in [7, 11) is 0. The van der Waals surface area contributed by atoms with Gasteiger partial charge in [0.25, 0.3) is 5.91 Å². The maximum atomic E-state index is 12.0. The van der Waals surface area contributed by atoms with Crippen LogP contribution in [0.5, 0.6) is 11.5 Å². The Morgan fingerprint density at radius 1 is 1.35 bits per heavy atom. The number of nitrogens with one attached hydrogen (secondary N) is 1. The Bertz CT molecular complexity index is 540. The first kappa shape index (κ1) is 13.9. The Kier molecular flexibility index (Phi) is 4.24. The zero-order chi connectivity index (χ0) is 14.5. The molecule has 1 unspecified atom stereocenters. The molecule has 1 atom stereocenters. The van der Waals surface area contributed by atoms with Gasteiger partial charge in [0.2, 0.25) is 0 Å². The number of carboxylic acid groups (broad SMARTS) is 1. The third kappa shape index (κ3) is 3.09. The summed E-state index contributed by atoms with van der Waals surface area (Å²) in [5.74, 6) is -0.514. The van der Waals surface area contributed by atoms with Crippen LogP contribution in [0.25, 0.3) is 0 Å². The monoisotopic (exact) mass is 277 g/mol. The van der Waals surface area contributed by atoms with Gasteiger partial charge in [0.15, 0.2) is 11.5 Å². The van der Waals surface area contributed by atoms with Gasteiger partial charge in [0.05, 0.1) is 0 Å². The van der Waals surface area contributed by atoms with Crippen molar-refractivity contribution in [3.05, 3.63) is 36.4 Å². The number of carboxylic acids is 1. The van der Waals surface area contributed by atoms with Crippen molar-refractivity contribution in [2.45, 2.75) is 12.5 Å². The Hall–Kier alpha value is -2.50. The smallest absolute Gasteiger partial charge is 0.326 e. The lowest BCUT2D eigenvalue weighted by molar-refractivity contribution is -0.139. The number of carbonyl (C=O) groups excluding carboxylic acids is 1. The standard InChI is InChI=1S/C14H15NO5/c1-2-3-10(14(17)18)15-13(16)9-4-5-11-12(8-9)20-7-6-19-11/h2,4-5,8,10H,1,3,6-7H2,(H,15,16)(H,17,18). The van der Waals surface area contributed by atoms with Crippen LogP contribution >= 0.6 is 0 Å². The predicted octanol–water partition coefficient (Wildman–Crippen LogP) is 1.22. The van der Waals surface area contributed by atoms with Gasteiger partial charge in [-0.2, -0.15) is 0 Å². The molecule has 0 spiro atoms. The van der Waals surface area contributed by atoms with Crippen molar-refractivity contribution >= 4 is 11.9 Å². The van der Waals surface area contributed by atoms with E-state index in [1.165, 1.54) is 12.1 Å². The molecule has 1 aromatic rings. The summed E-state index contributed by atoms with van der Waals surface area (Å²) in [6.07, 6.45) is 1.61. The molecule has 0 aliphatic carbocycles. The third-order valence-corrected chi connectivity index (χ3v) is 2.81. The van der Waals surface area contributed by atoms with Crippen molar-refractivity contribution in [3.8, 4) is 11.5 Å². The number of carbonyl (C=O) groups is 2. The van der Waals surface area contributed by atoms with Crippen molar-refractivity contribution < 1.29 is 24.2 Å². The normalized spacial score (nSPS) is 14.2. The SMILES string of the molecule is C=CCC(NC(=O)c1ccc2c(c1)OCCO2)C(=O)O. The van der Waals surface area contributed by atoms with Crippen molar-refractivity contribution in [2.75, 3.05) is 13.2 Å². The van der Waals surface area contributed by atoms with E-state index >= 15 is 0 Å². The van der Waals surface area contributed by atoms with Crippen molar-refractivity contribution in [2.24, 2.45) is 0 Å². The first-order valence-electron chi connectivity index (χ1n) is 6.16. The van der Waals surface area contributed by atoms with E-state index in [2.05, 4.69) is 11.9 Å². The first-order chi connectivity index (χ1) is 9.61. The summed E-state index contributed by atoms with van der Waals surface area (Å²) in [6.45, 7) is 4.36. The van der Waals surface area contributed by atoms with Crippen LogP contribution < -0.4 is 14.8 Å². The Labute approximate surface area is 116 Å². The lowest BCUT2D eigenvalue weighted by Crippen LogP contribution is -2.40. The highest BCUT2D eigenvalue weighted by Crippen LogP contribution is 2.30. The average molecular weight is 277 g/mol. The quantitative estimate of drug-likeness (QED) is 0.790. The second-order valence-corrected chi connectivity index (χ2v) is 4.25. The van der Waals surface area contributed by atoms with Crippen LogP contribution in [0.1, 0.15) is 16.8 Å². The van der Waals surface area contributed by atoms with Crippen molar-refractivity contribution in [1.29, 1.82) is 0 Å². The van der Waals surface area contributed by atoms with Gasteiger partial charge in [-0.15, -0.1) is 6.58 Å². The molecule has 1 amide bonds. The number of ether oxygens (including phenoxy) is 2. The number of benzene rings is 1. The molecule has 1 aliphatic rings. The largest absolute Gasteiger partial charge is 0.486 e. The van der Waals surface area contributed by atoms with Crippen LogP contribution in [0.3, 0.4) is 0 Å². The molecular formula is C14H15NO5. The second kappa shape index (κ2) is 6.10. The van der Waals surface area contributed by atoms with Crippen LogP contribution in [-0.2, 0) is 4.79 Å². The third-order valence-electron chi connectivity index (χ3n) is 2.81. The van der Waals surface area contributed by atoms with E-state index in [0.717, 1.165) is 0 Å². The highest BCUT2D eigenvalue weighted by Gasteiger charge is 2.20. The summed E-state index contributed by atoms with van der Waals surface area (Å²) in [4.78, 5) is 23.0. The van der Waals surface area contributed by atoms with Gasteiger partial charge in [0, 0.05) is 5.56 Å². The zero-order valence-corrected chi connectivity index (χ0v) is 10.8. The second-order valence-electron chi connectivity index (χ2n) is 4.25. The summed E-state index contributed by atoms with van der Waals surface area (Å²) in [5.41, 5.74) is 0.324. The topological polar surface area (TPSA) is 84.9 Å². The zero-order valence-electron chi connectivity index (χ0n) is 10.8. The van der Waals surface area contributed by atoms with Gasteiger partial charge in [-0.05, 0) is 24.6 Å². The Balaban J connectivity index is 2.12. The van der Waals surface area contributed by atoms with Crippen LogP contribution in [0.2, 0.25) is 0 Å². The summed E-state index contributed by atoms with van der Waals surface area (Å²) >= 11 is 0. The van der Waals surface area contributed by atoms with Crippen LogP contribution in [0, 0.1) is 0 Å². The molecule has 1 heterocycles. The number of rotatable bonds is 5. The molecule has 0 fully saturated rings. The fourth-order valence-corrected chi connectivity index (χ4v) is 1.81. The van der Waals surface area contributed by atoms with E-state index in [-0.39, 0.29) is 6.42 Å². The maximum Gasteiger partial charge on any atom is 0.326 e. The van der Waals surface area contributed by atoms with Crippen molar-refractivity contribution in [1.82, 2.24) is 5.32 Å². The van der Waals surface area contributed by atoms with E-state index in [9.17, 15) is 9.59 Å². The average Bonchev–Trinajstić information content (AvgIpc) is 2.46. The molecule has 20 heavy (non-hydrogen) atoms. The number of aliphatic carboxylic acids is 1. The summed E-state index contributed by atoms with van der Waals surface area (Å²) in [5, 5.41) is 11.4. The molecule has 0 bridgehead atoms. The molecule has 106 valence electrons. The van der Waals surface area contributed by atoms with Crippen LogP contribution in [0.4, 0.5) is 0 Å². The van der Waals surface area contributed by atoms with Gasteiger partial charge in [-0.3, -0.25) is 4.79 Å². The number of amides is 1. The number of hydrogen-bond donors (Lipinski definition) is 2. The molecule has 2 N–H and O–H groups in total. The summed E-state index contributed by atoms with van der Waals surface area (Å²) < 4.78 is 10.7. The number of hydrogen-bond acceptors (Lipinski definition) is 4. The van der Waals surface area contributed by atoms with Gasteiger partial charge in [-0.1, -0.05) is 6.08 Å². The van der Waals surface area contributed by atoms with Crippen molar-refractivity contribution in [3.63, 3.8) is 0 Å². The molecule has 0 aromatic heterocycles. The Morgan fingerprint density at radius 2 is 2.05 bits per heavy atom. The highest BCUT2D eigenvalue weighted by atomic mass is 16.6. The van der Waals surface area contributed by atoms with Gasteiger partial charge >= 0.3 is 5.97 Å². The minimum atomic E-state index is -1.10. The molecule has 2 rings (SSSR count). The fraction of sp³-hybridized carbons (Fsp3) is 0.286. The molecule has 6 heteroatoms. The Morgan fingerprint density at radius 3 is 2.70 bits per heavy atom. The van der Waals surface area contributed by atoms with E-state index in [1.54, 1.807) is 12.1 Å². The van der Waals surface area contributed by atoms with Gasteiger partial charge < -0.3 is 19.9 Å². The van der Waals surface area contributed by atoms with Crippen LogP contribution in [-0.4, -0.2) is 36.2 Å². The van der Waals surface area contributed by atoms with E-state index < -0.39 is 17.9 Å². The van der Waals surface area contributed by atoms with Crippen LogP contribution in [0.15, 0.2) is 30.9 Å². The molecule has 1 aromatic carbocycles. The van der Waals surface area contributed by atoms with E-state index in [4.69, 9.17) is 14.6 Å². The molecule has 0 radical (unpaired) electrons. The molecular weight excluding hydrogens is 262 g/mol. The van der Waals surface area contributed by atoms with Gasteiger partial charge in [0.1, 0.15) is 19.3 Å². The molecule has 0 saturated heterocycles.